The van der Waals surface area contributed by atoms with Crippen LogP contribution in [0.3, 0.4) is 0 Å². The van der Waals surface area contributed by atoms with Crippen molar-refractivity contribution >= 4 is 0 Å². The van der Waals surface area contributed by atoms with E-state index in [0.29, 0.717) is 13.0 Å². The van der Waals surface area contributed by atoms with Crippen LogP contribution >= 0.6 is 0 Å². The molecule has 1 unspecified atom stereocenters. The van der Waals surface area contributed by atoms with E-state index in [9.17, 15) is 0 Å². The number of nitrogens with two attached hydrogens (primary N) is 1. The zero-order chi connectivity index (χ0) is 14.0. The molecule has 0 saturated heterocycles. The molecule has 5 heteroatoms. The van der Waals surface area contributed by atoms with E-state index in [1.54, 1.807) is 6.33 Å². The molecule has 0 spiro atoms. The van der Waals surface area contributed by atoms with Crippen LogP contribution in [0.2, 0.25) is 0 Å². The zero-order valence-corrected chi connectivity index (χ0v) is 11.7. The summed E-state index contributed by atoms with van der Waals surface area (Å²) >= 11 is 0. The number of fused-ring (bicyclic) bond motifs is 1. The zero-order valence-electron chi connectivity index (χ0n) is 11.7. The lowest BCUT2D eigenvalue weighted by molar-refractivity contribution is 0.186. The fourth-order valence-corrected chi connectivity index (χ4v) is 2.69. The minimum atomic E-state index is -0.410. The van der Waals surface area contributed by atoms with Crippen LogP contribution < -0.4 is 10.5 Å². The second-order valence-electron chi connectivity index (χ2n) is 5.51. The van der Waals surface area contributed by atoms with Crippen molar-refractivity contribution < 1.29 is 4.74 Å². The Hall–Kier alpha value is -1.88. The minimum absolute atomic E-state index is 0.410. The number of aromatic nitrogens is 3. The number of benzene rings is 1. The molecule has 2 aromatic rings. The highest BCUT2D eigenvalue weighted by atomic mass is 16.5. The van der Waals surface area contributed by atoms with E-state index in [1.807, 2.05) is 22.9 Å². The predicted molar refractivity (Wildman–Crippen MR) is 76.6 cm³/mol. The van der Waals surface area contributed by atoms with E-state index < -0.39 is 5.54 Å². The topological polar surface area (TPSA) is 66.0 Å². The highest BCUT2D eigenvalue weighted by Crippen LogP contribution is 2.29. The van der Waals surface area contributed by atoms with Gasteiger partial charge in [0.15, 0.2) is 0 Å². The molecule has 20 heavy (non-hydrogen) atoms. The van der Waals surface area contributed by atoms with Gasteiger partial charge in [0.05, 0.1) is 5.54 Å². The third-order valence-corrected chi connectivity index (χ3v) is 3.67. The minimum Gasteiger partial charge on any atom is -0.491 e. The van der Waals surface area contributed by atoms with E-state index in [-0.39, 0.29) is 0 Å². The molecule has 0 fully saturated rings. The van der Waals surface area contributed by atoms with Gasteiger partial charge in [-0.2, -0.15) is 5.10 Å². The van der Waals surface area contributed by atoms with E-state index in [2.05, 4.69) is 23.1 Å². The lowest BCUT2D eigenvalue weighted by Gasteiger charge is -2.34. The fourth-order valence-electron chi connectivity index (χ4n) is 2.69. The molecule has 0 amide bonds. The first-order valence-electron chi connectivity index (χ1n) is 7.06. The van der Waals surface area contributed by atoms with Crippen molar-refractivity contribution in [3.63, 3.8) is 0 Å². The highest BCUT2D eigenvalue weighted by Gasteiger charge is 2.33. The fraction of sp³-hybridized carbons (Fsp3) is 0.467. The summed E-state index contributed by atoms with van der Waals surface area (Å²) in [5.41, 5.74) is 7.28. The molecule has 1 aliphatic heterocycles. The van der Waals surface area contributed by atoms with Crippen molar-refractivity contribution in [2.75, 3.05) is 6.61 Å². The number of para-hydroxylation sites is 1. The van der Waals surface area contributed by atoms with Gasteiger partial charge in [-0.25, -0.2) is 4.98 Å². The first-order chi connectivity index (χ1) is 9.70. The Balaban J connectivity index is 1.79. The molecule has 1 aromatic heterocycles. The Bertz CT molecular complexity index is 595. The second kappa shape index (κ2) is 5.25. The van der Waals surface area contributed by atoms with Crippen molar-refractivity contribution in [3.05, 3.63) is 42.0 Å². The van der Waals surface area contributed by atoms with E-state index in [0.717, 1.165) is 31.0 Å². The highest BCUT2D eigenvalue weighted by molar-refractivity contribution is 5.37. The first kappa shape index (κ1) is 13.1. The largest absolute Gasteiger partial charge is 0.491 e. The molecule has 0 bridgehead atoms. The number of ether oxygens (including phenoxy) is 1. The molecule has 1 aromatic carbocycles. The van der Waals surface area contributed by atoms with Gasteiger partial charge in [0.2, 0.25) is 0 Å². The Kier molecular flexibility index (Phi) is 3.44. The summed E-state index contributed by atoms with van der Waals surface area (Å²) < 4.78 is 7.74. The van der Waals surface area contributed by atoms with Gasteiger partial charge in [0, 0.05) is 13.0 Å². The lowest BCUT2D eigenvalue weighted by atomic mass is 9.86. The Morgan fingerprint density at radius 2 is 2.25 bits per heavy atom. The maximum atomic E-state index is 6.52. The second-order valence-corrected chi connectivity index (χ2v) is 5.51. The Morgan fingerprint density at radius 1 is 1.40 bits per heavy atom. The van der Waals surface area contributed by atoms with Gasteiger partial charge in [0.1, 0.15) is 24.5 Å². The maximum absolute atomic E-state index is 6.52. The summed E-state index contributed by atoms with van der Waals surface area (Å²) in [6, 6.07) is 8.08. The number of nitrogens with zero attached hydrogens (tertiary/aromatic N) is 3. The number of aryl methyl sites for hydroxylation is 1. The molecule has 0 radical (unpaired) electrons. The number of hydrogen-bond donors (Lipinski definition) is 1. The molecule has 0 aliphatic carbocycles. The van der Waals surface area contributed by atoms with Crippen LogP contribution in [0.4, 0.5) is 0 Å². The summed E-state index contributed by atoms with van der Waals surface area (Å²) in [4.78, 5) is 4.35. The molecule has 1 atom stereocenters. The summed E-state index contributed by atoms with van der Waals surface area (Å²) in [6.45, 7) is 3.52. The summed E-state index contributed by atoms with van der Waals surface area (Å²) in [6.07, 6.45) is 4.13. The third-order valence-electron chi connectivity index (χ3n) is 3.67. The van der Waals surface area contributed by atoms with Gasteiger partial charge in [0.25, 0.3) is 0 Å². The van der Waals surface area contributed by atoms with Crippen LogP contribution in [-0.2, 0) is 19.4 Å². The van der Waals surface area contributed by atoms with Crippen molar-refractivity contribution in [3.8, 4) is 5.75 Å². The predicted octanol–water partition coefficient (Wildman–Crippen LogP) is 1.56. The van der Waals surface area contributed by atoms with Gasteiger partial charge in [-0.05, 0) is 24.5 Å². The molecule has 3 rings (SSSR count). The van der Waals surface area contributed by atoms with Crippen LogP contribution in [0.1, 0.15) is 24.7 Å². The standard InChI is InChI=1S/C15H20N4O/c1-2-7-19-14(17-11-18-19)9-15(16)8-12-5-3-4-6-13(12)20-10-15/h3-6,11H,2,7-10,16H2,1H3. The van der Waals surface area contributed by atoms with Crippen molar-refractivity contribution in [1.29, 1.82) is 0 Å². The van der Waals surface area contributed by atoms with Crippen LogP contribution in [0, 0.1) is 0 Å². The van der Waals surface area contributed by atoms with Crippen LogP contribution in [0.15, 0.2) is 30.6 Å². The van der Waals surface area contributed by atoms with Crippen molar-refractivity contribution in [1.82, 2.24) is 14.8 Å². The molecule has 0 saturated carbocycles. The smallest absolute Gasteiger partial charge is 0.138 e. The van der Waals surface area contributed by atoms with E-state index >= 15 is 0 Å². The third kappa shape index (κ3) is 2.54. The van der Waals surface area contributed by atoms with Gasteiger partial charge >= 0.3 is 0 Å². The Morgan fingerprint density at radius 3 is 3.10 bits per heavy atom. The summed E-state index contributed by atoms with van der Waals surface area (Å²) in [5.74, 6) is 1.89. The average molecular weight is 272 g/mol. The quantitative estimate of drug-likeness (QED) is 0.917. The first-order valence-corrected chi connectivity index (χ1v) is 7.06. The van der Waals surface area contributed by atoms with E-state index in [1.165, 1.54) is 5.56 Å². The van der Waals surface area contributed by atoms with Gasteiger partial charge in [-0.3, -0.25) is 4.68 Å². The monoisotopic (exact) mass is 272 g/mol. The van der Waals surface area contributed by atoms with Gasteiger partial charge < -0.3 is 10.5 Å². The van der Waals surface area contributed by atoms with Crippen LogP contribution in [-0.4, -0.2) is 26.9 Å². The number of hydrogen-bond acceptors (Lipinski definition) is 4. The summed E-state index contributed by atoms with van der Waals surface area (Å²) in [7, 11) is 0. The number of rotatable bonds is 4. The lowest BCUT2D eigenvalue weighted by Crippen LogP contribution is -2.52. The normalized spacial score (nSPS) is 21.3. The Labute approximate surface area is 118 Å². The van der Waals surface area contributed by atoms with Crippen LogP contribution in [0.5, 0.6) is 5.75 Å². The van der Waals surface area contributed by atoms with E-state index in [4.69, 9.17) is 10.5 Å². The molecular formula is C15H20N4O. The molecule has 2 heterocycles. The summed E-state index contributed by atoms with van der Waals surface area (Å²) in [5, 5.41) is 4.26. The molecule has 2 N–H and O–H groups in total. The molecule has 5 nitrogen and oxygen atoms in total. The van der Waals surface area contributed by atoms with Crippen molar-refractivity contribution in [2.24, 2.45) is 5.73 Å². The molecular weight excluding hydrogens is 252 g/mol. The average Bonchev–Trinajstić information content (AvgIpc) is 2.86. The SMILES string of the molecule is CCCn1ncnc1CC1(N)COc2ccccc2C1. The van der Waals surface area contributed by atoms with Crippen molar-refractivity contribution in [2.45, 2.75) is 38.3 Å². The van der Waals surface area contributed by atoms with Gasteiger partial charge in [-0.15, -0.1) is 0 Å². The maximum Gasteiger partial charge on any atom is 0.138 e. The van der Waals surface area contributed by atoms with Crippen LogP contribution in [0.25, 0.3) is 0 Å². The molecule has 1 aliphatic rings. The molecule has 106 valence electrons. The van der Waals surface area contributed by atoms with Gasteiger partial charge in [-0.1, -0.05) is 25.1 Å².